The zero-order valence-electron chi connectivity index (χ0n) is 20.1. The summed E-state index contributed by atoms with van der Waals surface area (Å²) in [5.41, 5.74) is 3.32. The molecule has 1 atom stereocenters. The van der Waals surface area contributed by atoms with Gasteiger partial charge < -0.3 is 15.2 Å². The first kappa shape index (κ1) is 25.8. The number of benzene rings is 2. The average Bonchev–Trinajstić information content (AvgIpc) is 3.14. The number of carbonyl (C=O) groups excluding carboxylic acids is 2. The molecule has 0 aliphatic rings. The van der Waals surface area contributed by atoms with Gasteiger partial charge in [-0.25, -0.2) is 0 Å². The van der Waals surface area contributed by atoms with E-state index in [1.165, 1.54) is 11.8 Å². The third kappa shape index (κ3) is 6.61. The van der Waals surface area contributed by atoms with Crippen LogP contribution in [0, 0.1) is 19.8 Å². The molecule has 0 saturated heterocycles. The third-order valence-electron chi connectivity index (χ3n) is 5.31. The Bertz CT molecular complexity index is 1180. The number of nitrogens with zero attached hydrogens (tertiary/aromatic N) is 3. The number of aromatic nitrogens is 3. The highest BCUT2D eigenvalue weighted by Gasteiger charge is 2.24. The molecule has 1 aromatic heterocycles. The number of hydrogen-bond donors (Lipinski definition) is 2. The van der Waals surface area contributed by atoms with Crippen molar-refractivity contribution < 1.29 is 9.59 Å². The van der Waals surface area contributed by atoms with E-state index in [1.54, 1.807) is 24.3 Å². The monoisotopic (exact) mass is 499 g/mol. The molecule has 0 aliphatic heterocycles. The summed E-state index contributed by atoms with van der Waals surface area (Å²) in [7, 11) is 1.84. The van der Waals surface area contributed by atoms with Gasteiger partial charge in [0.05, 0.1) is 22.4 Å². The van der Waals surface area contributed by atoms with Crippen LogP contribution in [0.2, 0.25) is 5.02 Å². The van der Waals surface area contributed by atoms with Gasteiger partial charge in [0.1, 0.15) is 0 Å². The van der Waals surface area contributed by atoms with Gasteiger partial charge in [0.15, 0.2) is 11.0 Å². The molecule has 0 unspecified atom stereocenters. The molecule has 0 fully saturated rings. The van der Waals surface area contributed by atoms with Crippen molar-refractivity contribution in [2.45, 2.75) is 45.3 Å². The van der Waals surface area contributed by atoms with E-state index in [9.17, 15) is 9.59 Å². The highest BCUT2D eigenvalue weighted by molar-refractivity contribution is 7.99. The van der Waals surface area contributed by atoms with Gasteiger partial charge in [0.2, 0.25) is 5.91 Å². The largest absolute Gasteiger partial charge is 0.342 e. The van der Waals surface area contributed by atoms with E-state index in [1.807, 2.05) is 43.7 Å². The summed E-state index contributed by atoms with van der Waals surface area (Å²) >= 11 is 7.50. The fourth-order valence-electron chi connectivity index (χ4n) is 3.52. The van der Waals surface area contributed by atoms with Crippen LogP contribution in [0.4, 0.5) is 5.69 Å². The molecule has 180 valence electrons. The van der Waals surface area contributed by atoms with Crippen LogP contribution in [0.15, 0.2) is 47.6 Å². The maximum absolute atomic E-state index is 12.9. The van der Waals surface area contributed by atoms with Crippen LogP contribution in [0.1, 0.15) is 53.6 Å². The van der Waals surface area contributed by atoms with Gasteiger partial charge in [-0.2, -0.15) is 0 Å². The summed E-state index contributed by atoms with van der Waals surface area (Å²) in [4.78, 5) is 25.4. The van der Waals surface area contributed by atoms with Gasteiger partial charge in [0.25, 0.3) is 5.91 Å². The fraction of sp³-hybridized carbons (Fsp3) is 0.360. The smallest absolute Gasteiger partial charge is 0.253 e. The van der Waals surface area contributed by atoms with Gasteiger partial charge in [-0.05, 0) is 55.5 Å². The summed E-state index contributed by atoms with van der Waals surface area (Å²) in [6, 6.07) is 12.5. The highest BCUT2D eigenvalue weighted by Crippen LogP contribution is 2.25. The Balaban J connectivity index is 1.70. The molecule has 0 radical (unpaired) electrons. The Morgan fingerprint density at radius 1 is 1.12 bits per heavy atom. The molecule has 3 aromatic rings. The van der Waals surface area contributed by atoms with Crippen molar-refractivity contribution >= 4 is 40.9 Å². The maximum Gasteiger partial charge on any atom is 0.253 e. The van der Waals surface area contributed by atoms with Crippen molar-refractivity contribution in [1.29, 1.82) is 0 Å². The Labute approximate surface area is 209 Å². The molecule has 0 saturated carbocycles. The van der Waals surface area contributed by atoms with Crippen LogP contribution in [0.3, 0.4) is 0 Å². The van der Waals surface area contributed by atoms with Crippen molar-refractivity contribution in [3.63, 3.8) is 0 Å². The van der Waals surface area contributed by atoms with Crippen LogP contribution in [0.25, 0.3) is 0 Å². The van der Waals surface area contributed by atoms with Gasteiger partial charge >= 0.3 is 0 Å². The zero-order valence-corrected chi connectivity index (χ0v) is 21.6. The van der Waals surface area contributed by atoms with Crippen LogP contribution in [-0.2, 0) is 11.8 Å². The predicted octanol–water partition coefficient (Wildman–Crippen LogP) is 5.33. The Morgan fingerprint density at radius 2 is 1.85 bits per heavy atom. The van der Waals surface area contributed by atoms with Gasteiger partial charge in [-0.15, -0.1) is 10.2 Å². The standard InChI is InChI=1S/C25H30ClN5O2S/c1-15(2)12-21(28-24(33)18-8-6-7-9-19(18)26)23-29-30-25(31(23)5)34-14-22(32)27-20-13-16(3)10-11-17(20)4/h6-11,13,15,21H,12,14H2,1-5H3,(H,27,32)(H,28,33)/t21-/m1/s1. The minimum absolute atomic E-state index is 0.117. The molecule has 9 heteroatoms. The number of rotatable bonds is 9. The summed E-state index contributed by atoms with van der Waals surface area (Å²) < 4.78 is 1.83. The fourth-order valence-corrected chi connectivity index (χ4v) is 4.46. The second-order valence-electron chi connectivity index (χ2n) is 8.69. The van der Waals surface area contributed by atoms with Crippen LogP contribution in [-0.4, -0.2) is 32.3 Å². The van der Waals surface area contributed by atoms with E-state index >= 15 is 0 Å². The number of amides is 2. The van der Waals surface area contributed by atoms with Gasteiger partial charge in [0, 0.05) is 12.7 Å². The molecule has 1 heterocycles. The van der Waals surface area contributed by atoms with Crippen molar-refractivity contribution in [2.24, 2.45) is 13.0 Å². The minimum Gasteiger partial charge on any atom is -0.342 e. The maximum atomic E-state index is 12.9. The molecular weight excluding hydrogens is 470 g/mol. The second kappa shape index (κ2) is 11.5. The third-order valence-corrected chi connectivity index (χ3v) is 6.66. The molecule has 3 rings (SSSR count). The van der Waals surface area contributed by atoms with Crippen LogP contribution in [0.5, 0.6) is 0 Å². The summed E-state index contributed by atoms with van der Waals surface area (Å²) in [5, 5.41) is 15.6. The summed E-state index contributed by atoms with van der Waals surface area (Å²) in [6.07, 6.45) is 0.681. The van der Waals surface area contributed by atoms with E-state index < -0.39 is 0 Å². The van der Waals surface area contributed by atoms with Crippen molar-refractivity contribution in [3.8, 4) is 0 Å². The Morgan fingerprint density at radius 3 is 2.56 bits per heavy atom. The Hall–Kier alpha value is -2.84. The molecule has 2 aromatic carbocycles. The first-order valence-corrected chi connectivity index (χ1v) is 12.5. The lowest BCUT2D eigenvalue weighted by atomic mass is 10.0. The van der Waals surface area contributed by atoms with Crippen LogP contribution >= 0.6 is 23.4 Å². The molecule has 7 nitrogen and oxygen atoms in total. The molecule has 2 N–H and O–H groups in total. The lowest BCUT2D eigenvalue weighted by molar-refractivity contribution is -0.113. The number of hydrogen-bond acceptors (Lipinski definition) is 5. The van der Waals surface area contributed by atoms with E-state index in [-0.39, 0.29) is 23.6 Å². The molecular formula is C25H30ClN5O2S. The van der Waals surface area contributed by atoms with Crippen molar-refractivity contribution in [1.82, 2.24) is 20.1 Å². The zero-order chi connectivity index (χ0) is 24.8. The van der Waals surface area contributed by atoms with Gasteiger partial charge in [-0.3, -0.25) is 9.59 Å². The van der Waals surface area contributed by atoms with Crippen molar-refractivity contribution in [3.05, 3.63) is 70.0 Å². The lowest BCUT2D eigenvalue weighted by Crippen LogP contribution is -2.31. The number of aryl methyl sites for hydroxylation is 2. The van der Waals surface area contributed by atoms with Crippen molar-refractivity contribution in [2.75, 3.05) is 11.1 Å². The van der Waals surface area contributed by atoms with E-state index in [0.29, 0.717) is 33.9 Å². The predicted molar refractivity (Wildman–Crippen MR) is 137 cm³/mol. The first-order chi connectivity index (χ1) is 16.2. The van der Waals surface area contributed by atoms with E-state index in [2.05, 4.69) is 34.7 Å². The molecule has 0 aliphatic carbocycles. The summed E-state index contributed by atoms with van der Waals surface area (Å²) in [6.45, 7) is 8.11. The number of carbonyl (C=O) groups is 2. The summed E-state index contributed by atoms with van der Waals surface area (Å²) in [5.74, 6) is 0.759. The lowest BCUT2D eigenvalue weighted by Gasteiger charge is -2.20. The normalized spacial score (nSPS) is 12.0. The number of anilines is 1. The second-order valence-corrected chi connectivity index (χ2v) is 10.0. The van der Waals surface area contributed by atoms with Gasteiger partial charge in [-0.1, -0.05) is 61.5 Å². The van der Waals surface area contributed by atoms with E-state index in [4.69, 9.17) is 11.6 Å². The quantitative estimate of drug-likeness (QED) is 0.388. The molecule has 2 amide bonds. The first-order valence-electron chi connectivity index (χ1n) is 11.1. The van der Waals surface area contributed by atoms with Crippen LogP contribution < -0.4 is 10.6 Å². The SMILES string of the molecule is Cc1ccc(C)c(NC(=O)CSc2nnc([C@@H](CC(C)C)NC(=O)c3ccccc3Cl)n2C)c1. The number of nitrogens with one attached hydrogen (secondary N) is 2. The molecule has 0 bridgehead atoms. The Kier molecular flexibility index (Phi) is 8.74. The molecule has 34 heavy (non-hydrogen) atoms. The molecule has 0 spiro atoms. The van der Waals surface area contributed by atoms with E-state index in [0.717, 1.165) is 16.8 Å². The topological polar surface area (TPSA) is 88.9 Å². The number of halogens is 1. The highest BCUT2D eigenvalue weighted by atomic mass is 35.5. The average molecular weight is 500 g/mol. The minimum atomic E-state index is -0.348. The number of thioether (sulfide) groups is 1.